The van der Waals surface area contributed by atoms with E-state index in [-0.39, 0.29) is 5.72 Å². The summed E-state index contributed by atoms with van der Waals surface area (Å²) in [6.45, 7) is 0. The molecular weight excluding hydrogens is 490 g/mol. The van der Waals surface area contributed by atoms with Crippen molar-refractivity contribution in [2.24, 2.45) is 0 Å². The molecule has 0 bridgehead atoms. The highest BCUT2D eigenvalue weighted by atomic mass is 32.1. The summed E-state index contributed by atoms with van der Waals surface area (Å²) in [4.78, 5) is 5.10. The van der Waals surface area contributed by atoms with Crippen LogP contribution in [0.2, 0.25) is 0 Å². The van der Waals surface area contributed by atoms with Crippen molar-refractivity contribution in [3.05, 3.63) is 121 Å². The number of benzene rings is 6. The Morgan fingerprint density at radius 1 is 0.590 bits per heavy atom. The van der Waals surface area contributed by atoms with Gasteiger partial charge in [0.25, 0.3) is 0 Å². The molecule has 2 heterocycles. The molecule has 0 radical (unpaired) electrons. The molecule has 0 unspecified atom stereocenters. The SMILES string of the molecule is BC(B)c1nc2ccccc2n1-c1c2ccccc2c(-c2ccc3sc4ccccc4c3c2)c2ccccc12. The molecule has 8 rings (SSSR count). The zero-order valence-corrected chi connectivity index (χ0v) is 22.7. The van der Waals surface area contributed by atoms with E-state index >= 15 is 0 Å². The lowest BCUT2D eigenvalue weighted by Crippen LogP contribution is -2.09. The van der Waals surface area contributed by atoms with Crippen molar-refractivity contribution in [3.63, 3.8) is 0 Å². The van der Waals surface area contributed by atoms with Gasteiger partial charge in [0.1, 0.15) is 21.5 Å². The van der Waals surface area contributed by atoms with Crippen LogP contribution in [-0.4, -0.2) is 25.2 Å². The van der Waals surface area contributed by atoms with Crippen LogP contribution in [0.5, 0.6) is 0 Å². The molecule has 0 saturated heterocycles. The predicted molar refractivity (Wildman–Crippen MR) is 174 cm³/mol. The molecule has 39 heavy (non-hydrogen) atoms. The Labute approximate surface area is 232 Å². The zero-order chi connectivity index (χ0) is 26.1. The fraction of sp³-hybridized carbons (Fsp3) is 0.0294. The minimum Gasteiger partial charge on any atom is -0.296 e. The molecule has 0 saturated carbocycles. The molecule has 6 aromatic carbocycles. The van der Waals surface area contributed by atoms with Gasteiger partial charge < -0.3 is 0 Å². The highest BCUT2D eigenvalue weighted by molar-refractivity contribution is 7.25. The van der Waals surface area contributed by atoms with Crippen LogP contribution in [0, 0.1) is 0 Å². The first-order chi connectivity index (χ1) is 19.2. The molecule has 0 amide bonds. The Kier molecular flexibility index (Phi) is 4.98. The Hall–Kier alpha value is -4.34. The van der Waals surface area contributed by atoms with Gasteiger partial charge in [0, 0.05) is 30.9 Å². The Morgan fingerprint density at radius 2 is 1.18 bits per heavy atom. The molecule has 2 nitrogen and oxygen atoms in total. The smallest absolute Gasteiger partial charge is 0.105 e. The van der Waals surface area contributed by atoms with E-state index < -0.39 is 0 Å². The number of para-hydroxylation sites is 2. The lowest BCUT2D eigenvalue weighted by atomic mass is 9.70. The third-order valence-electron chi connectivity index (χ3n) is 7.90. The number of hydrogen-bond donors (Lipinski definition) is 0. The summed E-state index contributed by atoms with van der Waals surface area (Å²) in [5.41, 5.74) is 6.22. The van der Waals surface area contributed by atoms with Crippen LogP contribution >= 0.6 is 11.3 Å². The van der Waals surface area contributed by atoms with E-state index in [2.05, 4.69) is 136 Å². The number of rotatable bonds is 3. The minimum atomic E-state index is 0.281. The van der Waals surface area contributed by atoms with E-state index in [1.165, 1.54) is 58.5 Å². The Bertz CT molecular complexity index is 2170. The van der Waals surface area contributed by atoms with Crippen molar-refractivity contribution >= 4 is 79.8 Å². The van der Waals surface area contributed by atoms with E-state index in [0.29, 0.717) is 0 Å². The largest absolute Gasteiger partial charge is 0.296 e. The molecule has 0 aliphatic carbocycles. The van der Waals surface area contributed by atoms with Crippen LogP contribution in [0.25, 0.3) is 69.6 Å². The summed E-state index contributed by atoms with van der Waals surface area (Å²) in [7, 11) is 4.47. The lowest BCUT2D eigenvalue weighted by Gasteiger charge is -2.20. The number of aromatic nitrogens is 2. The summed E-state index contributed by atoms with van der Waals surface area (Å²) in [6.07, 6.45) is 0. The maximum atomic E-state index is 5.10. The van der Waals surface area contributed by atoms with Crippen molar-refractivity contribution in [1.82, 2.24) is 9.55 Å². The number of nitrogens with zero attached hydrogens (tertiary/aromatic N) is 2. The molecule has 2 aromatic heterocycles. The lowest BCUT2D eigenvalue weighted by molar-refractivity contribution is 0.979. The molecule has 5 heteroatoms. The van der Waals surface area contributed by atoms with Crippen molar-refractivity contribution in [1.29, 1.82) is 0 Å². The summed E-state index contributed by atoms with van der Waals surface area (Å²) >= 11 is 1.87. The van der Waals surface area contributed by atoms with Gasteiger partial charge >= 0.3 is 0 Å². The molecule has 0 aliphatic rings. The third kappa shape index (κ3) is 3.33. The van der Waals surface area contributed by atoms with E-state index in [1.54, 1.807) is 0 Å². The second kappa shape index (κ2) is 8.59. The Balaban J connectivity index is 1.53. The van der Waals surface area contributed by atoms with Gasteiger partial charge in [-0.15, -0.1) is 11.3 Å². The van der Waals surface area contributed by atoms with Crippen LogP contribution in [0.1, 0.15) is 11.5 Å². The standard InChI is InChI=1S/C34H24B2N2S/c35-33(36)34-37-27-14-6-7-15-28(27)38(34)32-24-12-3-1-10-22(24)31(23-11-2-4-13-25(23)32)20-17-18-30-26(19-20)21-9-5-8-16-29(21)39-30/h1-19,33H,35-36H2. The van der Waals surface area contributed by atoms with Gasteiger partial charge in [-0.25, -0.2) is 4.98 Å². The van der Waals surface area contributed by atoms with Crippen molar-refractivity contribution in [2.75, 3.05) is 0 Å². The van der Waals surface area contributed by atoms with E-state index in [1.807, 2.05) is 11.3 Å². The van der Waals surface area contributed by atoms with Gasteiger partial charge in [0.2, 0.25) is 0 Å². The van der Waals surface area contributed by atoms with Crippen molar-refractivity contribution in [2.45, 2.75) is 5.72 Å². The average molecular weight is 514 g/mol. The van der Waals surface area contributed by atoms with Crippen LogP contribution in [0.15, 0.2) is 115 Å². The van der Waals surface area contributed by atoms with E-state index in [0.717, 1.165) is 16.9 Å². The van der Waals surface area contributed by atoms with Crippen LogP contribution in [0.4, 0.5) is 0 Å². The summed E-state index contributed by atoms with van der Waals surface area (Å²) < 4.78 is 5.07. The average Bonchev–Trinajstić information content (AvgIpc) is 3.54. The maximum absolute atomic E-state index is 5.10. The molecule has 0 spiro atoms. The number of imidazole rings is 1. The first-order valence-corrected chi connectivity index (χ1v) is 14.3. The van der Waals surface area contributed by atoms with Gasteiger partial charge in [-0.2, -0.15) is 0 Å². The molecule has 0 aliphatic heterocycles. The summed E-state index contributed by atoms with van der Waals surface area (Å²) in [5.74, 6) is 1.09. The first-order valence-electron chi connectivity index (χ1n) is 13.5. The summed E-state index contributed by atoms with van der Waals surface area (Å²) in [5, 5.41) is 7.66. The number of thiophene rings is 1. The topological polar surface area (TPSA) is 17.8 Å². The normalized spacial score (nSPS) is 12.0. The molecule has 182 valence electrons. The monoisotopic (exact) mass is 514 g/mol. The minimum absolute atomic E-state index is 0.281. The van der Waals surface area contributed by atoms with Gasteiger partial charge in [-0.1, -0.05) is 84.9 Å². The maximum Gasteiger partial charge on any atom is 0.105 e. The molecule has 0 fully saturated rings. The second-order valence-electron chi connectivity index (χ2n) is 10.6. The van der Waals surface area contributed by atoms with Crippen molar-refractivity contribution in [3.8, 4) is 16.8 Å². The zero-order valence-electron chi connectivity index (χ0n) is 21.8. The van der Waals surface area contributed by atoms with Crippen LogP contribution < -0.4 is 0 Å². The highest BCUT2D eigenvalue weighted by Crippen LogP contribution is 2.44. The predicted octanol–water partition coefficient (Wildman–Crippen LogP) is 7.63. The quantitative estimate of drug-likeness (QED) is 0.175. The fourth-order valence-corrected chi connectivity index (χ4v) is 7.29. The second-order valence-corrected chi connectivity index (χ2v) is 11.7. The molecule has 0 atom stereocenters. The fourth-order valence-electron chi connectivity index (χ4n) is 6.21. The first kappa shape index (κ1) is 22.6. The number of fused-ring (bicyclic) bond motifs is 6. The molecular formula is C34H24B2N2S. The van der Waals surface area contributed by atoms with Crippen molar-refractivity contribution < 1.29 is 0 Å². The third-order valence-corrected chi connectivity index (χ3v) is 9.05. The van der Waals surface area contributed by atoms with Gasteiger partial charge in [-0.05, 0) is 57.9 Å². The van der Waals surface area contributed by atoms with E-state index in [9.17, 15) is 0 Å². The Morgan fingerprint density at radius 3 is 1.90 bits per heavy atom. The highest BCUT2D eigenvalue weighted by Gasteiger charge is 2.22. The van der Waals surface area contributed by atoms with Crippen LogP contribution in [0.3, 0.4) is 0 Å². The van der Waals surface area contributed by atoms with Gasteiger partial charge in [0.15, 0.2) is 0 Å². The van der Waals surface area contributed by atoms with E-state index in [4.69, 9.17) is 4.98 Å². The molecule has 8 aromatic rings. The van der Waals surface area contributed by atoms with Gasteiger partial charge in [-0.3, -0.25) is 4.57 Å². The molecule has 0 N–H and O–H groups in total. The van der Waals surface area contributed by atoms with Gasteiger partial charge in [0.05, 0.1) is 16.7 Å². The number of hydrogen-bond acceptors (Lipinski definition) is 2. The van der Waals surface area contributed by atoms with Crippen LogP contribution in [-0.2, 0) is 0 Å². The summed E-state index contributed by atoms with van der Waals surface area (Å²) in [6, 6.07) is 42.0.